The second-order valence-electron chi connectivity index (χ2n) is 11.9. The fraction of sp³-hybridized carbons (Fsp3) is 0. The van der Waals surface area contributed by atoms with Crippen molar-refractivity contribution in [3.63, 3.8) is 0 Å². The lowest BCUT2D eigenvalue weighted by Gasteiger charge is -2.09. The molecule has 0 amide bonds. The molecule has 0 N–H and O–H groups in total. The predicted molar refractivity (Wildman–Crippen MR) is 190 cm³/mol. The van der Waals surface area contributed by atoms with Crippen molar-refractivity contribution in [3.05, 3.63) is 152 Å². The molecular weight excluding hydrogens is 562 g/mol. The third kappa shape index (κ3) is 3.74. The number of furan rings is 1. The van der Waals surface area contributed by atoms with E-state index < -0.39 is 0 Å². The van der Waals surface area contributed by atoms with Crippen molar-refractivity contribution in [1.29, 1.82) is 0 Å². The van der Waals surface area contributed by atoms with Crippen molar-refractivity contribution in [3.8, 4) is 28.2 Å². The topological polar surface area (TPSA) is 43.9 Å². The summed E-state index contributed by atoms with van der Waals surface area (Å²) < 4.78 is 8.24. The van der Waals surface area contributed by atoms with Gasteiger partial charge >= 0.3 is 0 Å². The summed E-state index contributed by atoms with van der Waals surface area (Å²) in [5.41, 5.74) is 9.67. The van der Waals surface area contributed by atoms with E-state index in [-0.39, 0.29) is 0 Å². The molecule has 0 aliphatic carbocycles. The molecule has 7 aromatic carbocycles. The molecule has 0 atom stereocenters. The maximum atomic E-state index is 6.05. The summed E-state index contributed by atoms with van der Waals surface area (Å²) in [7, 11) is 0. The van der Waals surface area contributed by atoms with Crippen LogP contribution in [0.4, 0.5) is 0 Å². The Morgan fingerprint density at radius 2 is 1.11 bits per heavy atom. The molecule has 46 heavy (non-hydrogen) atoms. The van der Waals surface area contributed by atoms with Crippen molar-refractivity contribution >= 4 is 65.4 Å². The molecular formula is C42H25N3O. The molecule has 3 heterocycles. The Kier molecular flexibility index (Phi) is 5.25. The van der Waals surface area contributed by atoms with Gasteiger partial charge in [-0.05, 0) is 75.5 Å². The third-order valence-electron chi connectivity index (χ3n) is 9.26. The molecule has 0 saturated carbocycles. The van der Waals surface area contributed by atoms with Crippen molar-refractivity contribution in [2.24, 2.45) is 0 Å². The van der Waals surface area contributed by atoms with Gasteiger partial charge in [-0.15, -0.1) is 0 Å². The Labute approximate surface area is 263 Å². The smallest absolute Gasteiger partial charge is 0.235 e. The first-order valence-corrected chi connectivity index (χ1v) is 15.5. The van der Waals surface area contributed by atoms with Crippen molar-refractivity contribution in [2.75, 3.05) is 0 Å². The van der Waals surface area contributed by atoms with E-state index in [0.717, 1.165) is 43.9 Å². The number of rotatable bonds is 3. The molecule has 0 saturated heterocycles. The Morgan fingerprint density at radius 1 is 0.457 bits per heavy atom. The summed E-state index contributed by atoms with van der Waals surface area (Å²) in [6.07, 6.45) is 1.91. The average molecular weight is 588 g/mol. The molecule has 0 bridgehead atoms. The number of benzene rings is 7. The number of hydrogen-bond donors (Lipinski definition) is 0. The summed E-state index contributed by atoms with van der Waals surface area (Å²) in [6.45, 7) is 0. The Balaban J connectivity index is 1.10. The van der Waals surface area contributed by atoms with Crippen LogP contribution >= 0.6 is 0 Å². The third-order valence-corrected chi connectivity index (χ3v) is 9.26. The van der Waals surface area contributed by atoms with E-state index in [1.807, 2.05) is 42.6 Å². The number of aromatic nitrogens is 3. The van der Waals surface area contributed by atoms with E-state index in [2.05, 4.69) is 114 Å². The molecule has 10 aromatic rings. The van der Waals surface area contributed by atoms with E-state index >= 15 is 0 Å². The van der Waals surface area contributed by atoms with Gasteiger partial charge in [0.15, 0.2) is 0 Å². The van der Waals surface area contributed by atoms with Crippen molar-refractivity contribution in [1.82, 2.24) is 14.5 Å². The molecule has 214 valence electrons. The number of hydrogen-bond acceptors (Lipinski definition) is 3. The molecule has 0 aliphatic rings. The Morgan fingerprint density at radius 3 is 1.98 bits per heavy atom. The molecule has 4 heteroatoms. The van der Waals surface area contributed by atoms with Gasteiger partial charge in [0.25, 0.3) is 0 Å². The first-order chi connectivity index (χ1) is 22.8. The lowest BCUT2D eigenvalue weighted by molar-refractivity contribution is 0.669. The minimum atomic E-state index is 0.678. The average Bonchev–Trinajstić information content (AvgIpc) is 3.67. The molecule has 4 nitrogen and oxygen atoms in total. The van der Waals surface area contributed by atoms with Crippen LogP contribution in [0.2, 0.25) is 0 Å². The van der Waals surface area contributed by atoms with Gasteiger partial charge in [-0.25, -0.2) is 9.97 Å². The highest BCUT2D eigenvalue weighted by atomic mass is 16.3. The van der Waals surface area contributed by atoms with Crippen LogP contribution in [0.3, 0.4) is 0 Å². The van der Waals surface area contributed by atoms with Gasteiger partial charge in [-0.1, -0.05) is 103 Å². The summed E-state index contributed by atoms with van der Waals surface area (Å²) >= 11 is 0. The fourth-order valence-corrected chi connectivity index (χ4v) is 7.01. The van der Waals surface area contributed by atoms with Gasteiger partial charge < -0.3 is 4.42 Å². The zero-order valence-corrected chi connectivity index (χ0v) is 24.7. The van der Waals surface area contributed by atoms with Crippen LogP contribution in [0.1, 0.15) is 0 Å². The van der Waals surface area contributed by atoms with E-state index in [1.165, 1.54) is 43.8 Å². The number of para-hydroxylation sites is 3. The van der Waals surface area contributed by atoms with Gasteiger partial charge in [0, 0.05) is 33.1 Å². The second kappa shape index (κ2) is 9.62. The second-order valence-corrected chi connectivity index (χ2v) is 11.9. The van der Waals surface area contributed by atoms with Gasteiger partial charge in [-0.2, -0.15) is 0 Å². The summed E-state index contributed by atoms with van der Waals surface area (Å²) in [5, 5.41) is 8.14. The lowest BCUT2D eigenvalue weighted by atomic mass is 9.96. The van der Waals surface area contributed by atoms with Crippen molar-refractivity contribution in [2.45, 2.75) is 0 Å². The zero-order valence-electron chi connectivity index (χ0n) is 24.7. The van der Waals surface area contributed by atoms with Crippen LogP contribution < -0.4 is 0 Å². The van der Waals surface area contributed by atoms with Gasteiger partial charge in [0.05, 0.1) is 16.6 Å². The van der Waals surface area contributed by atoms with E-state index in [1.54, 1.807) is 0 Å². The highest BCUT2D eigenvalue weighted by Crippen LogP contribution is 2.38. The first kappa shape index (κ1) is 25.1. The van der Waals surface area contributed by atoms with Crippen LogP contribution in [0, 0.1) is 0 Å². The Hall–Kier alpha value is -6.26. The normalized spacial score (nSPS) is 11.9. The van der Waals surface area contributed by atoms with Crippen LogP contribution in [0.25, 0.3) is 93.6 Å². The quantitative estimate of drug-likeness (QED) is 0.207. The van der Waals surface area contributed by atoms with Gasteiger partial charge in [0.2, 0.25) is 5.95 Å². The maximum Gasteiger partial charge on any atom is 0.235 e. The predicted octanol–water partition coefficient (Wildman–Crippen LogP) is 11.1. The molecule has 0 fully saturated rings. The van der Waals surface area contributed by atoms with E-state index in [9.17, 15) is 0 Å². The summed E-state index contributed by atoms with van der Waals surface area (Å²) in [5.74, 6) is 0.678. The fourth-order valence-electron chi connectivity index (χ4n) is 7.01. The van der Waals surface area contributed by atoms with Crippen LogP contribution in [-0.4, -0.2) is 14.5 Å². The minimum absolute atomic E-state index is 0.678. The largest absolute Gasteiger partial charge is 0.456 e. The van der Waals surface area contributed by atoms with Gasteiger partial charge in [0.1, 0.15) is 11.2 Å². The van der Waals surface area contributed by atoms with Crippen molar-refractivity contribution < 1.29 is 4.42 Å². The SMILES string of the molecule is c1ccc2nc(-n3c4ccccc4c4c5cc(-c6ccc(-c7ccc8oc9ccccc9c8c7)cc6)ccc5ccc43)ncc2c1. The summed E-state index contributed by atoms with van der Waals surface area (Å²) in [6, 6.07) is 51.4. The molecule has 0 unspecified atom stereocenters. The lowest BCUT2D eigenvalue weighted by Crippen LogP contribution is -2.00. The summed E-state index contributed by atoms with van der Waals surface area (Å²) in [4.78, 5) is 9.77. The van der Waals surface area contributed by atoms with Crippen LogP contribution in [0.5, 0.6) is 0 Å². The highest BCUT2D eigenvalue weighted by Gasteiger charge is 2.17. The monoisotopic (exact) mass is 587 g/mol. The van der Waals surface area contributed by atoms with E-state index in [4.69, 9.17) is 14.4 Å². The van der Waals surface area contributed by atoms with Crippen LogP contribution in [-0.2, 0) is 0 Å². The first-order valence-electron chi connectivity index (χ1n) is 15.5. The molecule has 10 rings (SSSR count). The maximum absolute atomic E-state index is 6.05. The number of nitrogens with zero attached hydrogens (tertiary/aromatic N) is 3. The zero-order chi connectivity index (χ0) is 30.2. The molecule has 0 radical (unpaired) electrons. The van der Waals surface area contributed by atoms with Gasteiger partial charge in [-0.3, -0.25) is 4.57 Å². The molecule has 0 spiro atoms. The molecule has 3 aromatic heterocycles. The van der Waals surface area contributed by atoms with Crippen LogP contribution in [0.15, 0.2) is 156 Å². The molecule has 0 aliphatic heterocycles. The van der Waals surface area contributed by atoms with E-state index in [0.29, 0.717) is 5.95 Å². The minimum Gasteiger partial charge on any atom is -0.456 e. The number of fused-ring (bicyclic) bond motifs is 9. The Bertz CT molecular complexity index is 2810. The highest BCUT2D eigenvalue weighted by molar-refractivity contribution is 6.21. The standard InChI is InChI=1S/C42H25N3O/c1-4-10-36-31(7-1)25-43-42(44-36)45-37-11-5-2-9-33(37)41-34-23-29(18-17-28(34)19-21-38(41)45)26-13-15-27(16-14-26)30-20-22-40-35(24-30)32-8-3-6-12-39(32)46-40/h1-25H.